The fraction of sp³-hybridized carbons (Fsp3) is 0.278. The fourth-order valence-electron chi connectivity index (χ4n) is 2.43. The first-order valence-corrected chi connectivity index (χ1v) is 7.15. The van der Waals surface area contributed by atoms with E-state index in [1.54, 1.807) is 0 Å². The standard InChI is InChI=1S/C18H20O4.Na.H/c1-12-8-15(10-16(19)18(20)21)9-13(2)17(12)22-11-14-6-4-3-5-7-14;;/h3-9,16,19H,10-11H2,1-2H3,(H,20,21);;/t16-;;/m1../s1. The molecule has 2 aromatic carbocycles. The summed E-state index contributed by atoms with van der Waals surface area (Å²) in [6.07, 6.45) is -1.29. The number of hydrogen-bond acceptors (Lipinski definition) is 3. The summed E-state index contributed by atoms with van der Waals surface area (Å²) in [6.45, 7) is 4.33. The molecule has 2 rings (SSSR count). The number of aryl methyl sites for hydroxylation is 2. The first-order chi connectivity index (χ1) is 10.5. The average molecular weight is 324 g/mol. The molecule has 0 unspecified atom stereocenters. The van der Waals surface area contributed by atoms with Crippen molar-refractivity contribution in [3.63, 3.8) is 0 Å². The molecule has 0 aliphatic rings. The second-order valence-corrected chi connectivity index (χ2v) is 5.39. The number of carboxylic acid groups (broad SMARTS) is 1. The molecule has 118 valence electrons. The first kappa shape index (κ1) is 19.7. The topological polar surface area (TPSA) is 66.8 Å². The SMILES string of the molecule is Cc1cc(C[C@@H](O)C(=O)O)cc(C)c1OCc1ccccc1.[NaH]. The Morgan fingerprint density at radius 1 is 1.09 bits per heavy atom. The van der Waals surface area contributed by atoms with Gasteiger partial charge >= 0.3 is 35.5 Å². The Bertz CT molecular complexity index is 632. The number of carboxylic acids is 1. The van der Waals surface area contributed by atoms with Crippen LogP contribution in [0.25, 0.3) is 0 Å². The van der Waals surface area contributed by atoms with Crippen molar-refractivity contribution in [3.05, 3.63) is 64.7 Å². The van der Waals surface area contributed by atoms with Crippen LogP contribution in [0.15, 0.2) is 42.5 Å². The van der Waals surface area contributed by atoms with Crippen molar-refractivity contribution in [3.8, 4) is 5.75 Å². The van der Waals surface area contributed by atoms with E-state index in [2.05, 4.69) is 0 Å². The Balaban J connectivity index is 0.00000264. The average Bonchev–Trinajstić information content (AvgIpc) is 2.47. The Hall–Kier alpha value is -1.33. The van der Waals surface area contributed by atoms with E-state index in [4.69, 9.17) is 9.84 Å². The predicted octanol–water partition coefficient (Wildman–Crippen LogP) is 2.22. The monoisotopic (exact) mass is 324 g/mol. The van der Waals surface area contributed by atoms with Crippen molar-refractivity contribution >= 4 is 35.5 Å². The van der Waals surface area contributed by atoms with E-state index in [9.17, 15) is 9.90 Å². The van der Waals surface area contributed by atoms with Gasteiger partial charge in [-0.25, -0.2) is 4.79 Å². The van der Waals surface area contributed by atoms with E-state index in [0.717, 1.165) is 28.0 Å². The van der Waals surface area contributed by atoms with Crippen LogP contribution in [0.3, 0.4) is 0 Å². The van der Waals surface area contributed by atoms with Gasteiger partial charge in [0.15, 0.2) is 6.10 Å². The van der Waals surface area contributed by atoms with Crippen LogP contribution in [-0.4, -0.2) is 51.8 Å². The van der Waals surface area contributed by atoms with E-state index in [0.29, 0.717) is 6.61 Å². The quantitative estimate of drug-likeness (QED) is 0.800. The molecule has 2 aromatic rings. The third kappa shape index (κ3) is 5.66. The van der Waals surface area contributed by atoms with Crippen LogP contribution in [-0.2, 0) is 17.8 Å². The normalized spacial score (nSPS) is 11.4. The molecule has 0 aromatic heterocycles. The fourth-order valence-corrected chi connectivity index (χ4v) is 2.43. The molecule has 0 aliphatic heterocycles. The first-order valence-electron chi connectivity index (χ1n) is 7.15. The van der Waals surface area contributed by atoms with Crippen LogP contribution in [0.4, 0.5) is 0 Å². The third-order valence-electron chi connectivity index (χ3n) is 3.46. The van der Waals surface area contributed by atoms with Crippen LogP contribution in [0.5, 0.6) is 5.75 Å². The van der Waals surface area contributed by atoms with Crippen LogP contribution < -0.4 is 4.74 Å². The molecule has 0 bridgehead atoms. The number of aliphatic hydroxyl groups is 1. The van der Waals surface area contributed by atoms with Crippen LogP contribution in [0.2, 0.25) is 0 Å². The van der Waals surface area contributed by atoms with E-state index in [1.807, 2.05) is 56.3 Å². The van der Waals surface area contributed by atoms with Gasteiger partial charge < -0.3 is 14.9 Å². The Morgan fingerprint density at radius 3 is 2.17 bits per heavy atom. The van der Waals surface area contributed by atoms with Crippen molar-refractivity contribution in [2.75, 3.05) is 0 Å². The van der Waals surface area contributed by atoms with Gasteiger partial charge in [-0.1, -0.05) is 42.5 Å². The van der Waals surface area contributed by atoms with E-state index in [1.165, 1.54) is 0 Å². The summed E-state index contributed by atoms with van der Waals surface area (Å²) in [5.74, 6) is -0.405. The van der Waals surface area contributed by atoms with Gasteiger partial charge in [0, 0.05) is 6.42 Å². The van der Waals surface area contributed by atoms with Crippen molar-refractivity contribution in [1.82, 2.24) is 0 Å². The summed E-state index contributed by atoms with van der Waals surface area (Å²) < 4.78 is 5.88. The van der Waals surface area contributed by atoms with Gasteiger partial charge in [-0.2, -0.15) is 0 Å². The van der Waals surface area contributed by atoms with Crippen LogP contribution >= 0.6 is 0 Å². The molecule has 23 heavy (non-hydrogen) atoms. The molecule has 1 atom stereocenters. The van der Waals surface area contributed by atoms with Gasteiger partial charge in [-0.05, 0) is 36.1 Å². The molecule has 4 nitrogen and oxygen atoms in total. The van der Waals surface area contributed by atoms with Gasteiger partial charge in [0.1, 0.15) is 12.4 Å². The van der Waals surface area contributed by atoms with Gasteiger partial charge in [0.2, 0.25) is 0 Å². The van der Waals surface area contributed by atoms with Crippen molar-refractivity contribution < 1.29 is 19.7 Å². The zero-order valence-corrected chi connectivity index (χ0v) is 12.7. The van der Waals surface area contributed by atoms with Gasteiger partial charge in [-0.3, -0.25) is 0 Å². The summed E-state index contributed by atoms with van der Waals surface area (Å²) in [6, 6.07) is 13.6. The van der Waals surface area contributed by atoms with Crippen LogP contribution in [0, 0.1) is 13.8 Å². The van der Waals surface area contributed by atoms with Crippen molar-refractivity contribution in [2.45, 2.75) is 33.0 Å². The zero-order chi connectivity index (χ0) is 16.1. The molecule has 0 aliphatic carbocycles. The van der Waals surface area contributed by atoms with Gasteiger partial charge in [0.05, 0.1) is 0 Å². The molecule has 0 amide bonds. The molecule has 0 radical (unpaired) electrons. The van der Waals surface area contributed by atoms with Gasteiger partial charge in [0.25, 0.3) is 0 Å². The number of ether oxygens (including phenoxy) is 1. The Kier molecular flexibility index (Phi) is 7.79. The minimum atomic E-state index is -1.38. The van der Waals surface area contributed by atoms with E-state index in [-0.39, 0.29) is 36.0 Å². The van der Waals surface area contributed by atoms with E-state index >= 15 is 0 Å². The number of rotatable bonds is 6. The van der Waals surface area contributed by atoms with Crippen LogP contribution in [0.1, 0.15) is 22.3 Å². The molecule has 5 heteroatoms. The summed E-state index contributed by atoms with van der Waals surface area (Å²) in [5, 5.41) is 18.2. The number of aliphatic carboxylic acids is 1. The summed E-state index contributed by atoms with van der Waals surface area (Å²) >= 11 is 0. The van der Waals surface area contributed by atoms with Crippen molar-refractivity contribution in [1.29, 1.82) is 0 Å². The Labute approximate surface area is 158 Å². The minimum absolute atomic E-state index is 0. The molecule has 2 N–H and O–H groups in total. The molecule has 0 saturated heterocycles. The molecule has 0 saturated carbocycles. The van der Waals surface area contributed by atoms with Gasteiger partial charge in [-0.15, -0.1) is 0 Å². The molecule has 0 heterocycles. The number of carbonyl (C=O) groups is 1. The maximum absolute atomic E-state index is 10.7. The number of benzene rings is 2. The predicted molar refractivity (Wildman–Crippen MR) is 91.2 cm³/mol. The maximum atomic E-state index is 10.7. The molecular weight excluding hydrogens is 303 g/mol. The molecule has 0 fully saturated rings. The summed E-state index contributed by atoms with van der Waals surface area (Å²) in [4.78, 5) is 10.7. The van der Waals surface area contributed by atoms with Crippen molar-refractivity contribution in [2.24, 2.45) is 0 Å². The summed E-state index contributed by atoms with van der Waals surface area (Å²) in [5.41, 5.74) is 3.75. The third-order valence-corrected chi connectivity index (χ3v) is 3.46. The Morgan fingerprint density at radius 2 is 1.65 bits per heavy atom. The number of aliphatic hydroxyl groups excluding tert-OH is 1. The number of hydrogen-bond donors (Lipinski definition) is 2. The molecular formula is C18H21NaO4. The second-order valence-electron chi connectivity index (χ2n) is 5.39. The second kappa shape index (κ2) is 9.08. The summed E-state index contributed by atoms with van der Waals surface area (Å²) in [7, 11) is 0. The molecule has 0 spiro atoms. The zero-order valence-electron chi connectivity index (χ0n) is 12.7. The van der Waals surface area contributed by atoms with E-state index < -0.39 is 12.1 Å².